The monoisotopic (exact) mass is 492 g/mol. The minimum Gasteiger partial charge on any atom is -0.507 e. The molecule has 0 fully saturated rings. The van der Waals surface area contributed by atoms with Crippen LogP contribution in [0.1, 0.15) is 61.9 Å². The van der Waals surface area contributed by atoms with Gasteiger partial charge in [0.15, 0.2) is 6.61 Å². The summed E-state index contributed by atoms with van der Waals surface area (Å²) in [6.07, 6.45) is 11.2. The molecule has 0 bridgehead atoms. The number of allylic oxidation sites excluding steroid dienone is 3. The standard InChI is InChI=1S/C25H33ClN2O6/c1-3-12-28(13-4-2)22(31)17-34-27-18-11-9-7-5-6-8-10-14-33-25(32)23-19(15-18)24(26)21(30)16-20(23)29/h6,8-9,11,16,29-30H,3-5,7,10,12-15,17H2,1-2H3. The second-order valence-corrected chi connectivity index (χ2v) is 8.25. The average molecular weight is 493 g/mol. The first-order chi connectivity index (χ1) is 16.4. The number of carbonyl (C=O) groups is 2. The lowest BCUT2D eigenvalue weighted by atomic mass is 9.99. The third-order valence-corrected chi connectivity index (χ3v) is 5.51. The van der Waals surface area contributed by atoms with Crippen molar-refractivity contribution < 1.29 is 29.4 Å². The van der Waals surface area contributed by atoms with E-state index in [1.807, 2.05) is 32.1 Å². The molecule has 0 spiro atoms. The highest BCUT2D eigenvalue weighted by Gasteiger charge is 2.24. The zero-order valence-electron chi connectivity index (χ0n) is 19.8. The molecule has 1 aromatic rings. The summed E-state index contributed by atoms with van der Waals surface area (Å²) in [5.74, 6) is -1.74. The number of cyclic esters (lactones) is 1. The number of oxime groups is 1. The van der Waals surface area contributed by atoms with Crippen LogP contribution in [0.2, 0.25) is 5.02 Å². The summed E-state index contributed by atoms with van der Waals surface area (Å²) in [7, 11) is 0. The fourth-order valence-electron chi connectivity index (χ4n) is 3.48. The van der Waals surface area contributed by atoms with Crippen LogP contribution in [0.3, 0.4) is 0 Å². The number of nitrogens with zero attached hydrogens (tertiary/aromatic N) is 2. The SMILES string of the molecule is CCCN(CCC)C(=O)CON=C1C=CCCC=CCCOC(=O)c2c(O)cc(O)c(Cl)c2C1. The molecule has 2 rings (SSSR count). The number of amides is 1. The Bertz CT molecular complexity index is 936. The molecule has 0 atom stereocenters. The lowest BCUT2D eigenvalue weighted by Gasteiger charge is -2.20. The lowest BCUT2D eigenvalue weighted by Crippen LogP contribution is -2.35. The van der Waals surface area contributed by atoms with Gasteiger partial charge in [-0.05, 0) is 43.7 Å². The molecule has 0 radical (unpaired) electrons. The number of phenolic OH excluding ortho intramolecular Hbond substituents is 2. The quantitative estimate of drug-likeness (QED) is 0.322. The predicted octanol–water partition coefficient (Wildman–Crippen LogP) is 4.77. The molecule has 0 saturated carbocycles. The Labute approximate surface area is 205 Å². The van der Waals surface area contributed by atoms with Crippen LogP contribution in [0, 0.1) is 0 Å². The summed E-state index contributed by atoms with van der Waals surface area (Å²) in [6.45, 7) is 5.20. The maximum Gasteiger partial charge on any atom is 0.342 e. The summed E-state index contributed by atoms with van der Waals surface area (Å²) >= 11 is 6.30. The van der Waals surface area contributed by atoms with Gasteiger partial charge in [0, 0.05) is 25.6 Å². The van der Waals surface area contributed by atoms with Crippen molar-refractivity contribution in [3.63, 3.8) is 0 Å². The van der Waals surface area contributed by atoms with Crippen LogP contribution in [0.5, 0.6) is 11.5 Å². The summed E-state index contributed by atoms with van der Waals surface area (Å²) < 4.78 is 5.28. The van der Waals surface area contributed by atoms with Gasteiger partial charge in [-0.1, -0.05) is 48.8 Å². The van der Waals surface area contributed by atoms with Gasteiger partial charge in [0.1, 0.15) is 17.1 Å². The van der Waals surface area contributed by atoms with E-state index in [-0.39, 0.29) is 47.4 Å². The van der Waals surface area contributed by atoms with Gasteiger partial charge in [-0.2, -0.15) is 0 Å². The second-order valence-electron chi connectivity index (χ2n) is 7.87. The normalized spacial score (nSPS) is 16.0. The van der Waals surface area contributed by atoms with E-state index in [1.54, 1.807) is 11.0 Å². The highest BCUT2D eigenvalue weighted by Crippen LogP contribution is 2.37. The lowest BCUT2D eigenvalue weighted by molar-refractivity contribution is -0.136. The molecule has 0 saturated heterocycles. The zero-order valence-corrected chi connectivity index (χ0v) is 20.5. The number of hydrogen-bond acceptors (Lipinski definition) is 7. The molecule has 0 aliphatic carbocycles. The van der Waals surface area contributed by atoms with Gasteiger partial charge in [-0.3, -0.25) is 4.79 Å². The topological polar surface area (TPSA) is 109 Å². The van der Waals surface area contributed by atoms with Gasteiger partial charge in [0.2, 0.25) is 0 Å². The van der Waals surface area contributed by atoms with Crippen LogP contribution in [0.15, 0.2) is 35.5 Å². The first-order valence-electron chi connectivity index (χ1n) is 11.6. The molecule has 1 heterocycles. The molecule has 2 N–H and O–H groups in total. The summed E-state index contributed by atoms with van der Waals surface area (Å²) in [4.78, 5) is 32.3. The largest absolute Gasteiger partial charge is 0.507 e. The van der Waals surface area contributed by atoms with Gasteiger partial charge in [0.05, 0.1) is 17.3 Å². The van der Waals surface area contributed by atoms with Crippen LogP contribution < -0.4 is 0 Å². The molecular formula is C25H33ClN2O6. The zero-order chi connectivity index (χ0) is 24.9. The Kier molecular flexibility index (Phi) is 11.5. The second kappa shape index (κ2) is 14.3. The molecule has 1 aromatic carbocycles. The Morgan fingerprint density at radius 2 is 1.79 bits per heavy atom. The highest BCUT2D eigenvalue weighted by molar-refractivity contribution is 6.33. The molecule has 1 aliphatic heterocycles. The fourth-order valence-corrected chi connectivity index (χ4v) is 3.70. The molecule has 8 nitrogen and oxygen atoms in total. The van der Waals surface area contributed by atoms with Crippen molar-refractivity contribution in [2.24, 2.45) is 5.16 Å². The van der Waals surface area contributed by atoms with E-state index in [0.717, 1.165) is 31.7 Å². The van der Waals surface area contributed by atoms with Crippen molar-refractivity contribution in [2.75, 3.05) is 26.3 Å². The van der Waals surface area contributed by atoms with E-state index in [1.165, 1.54) is 0 Å². The Morgan fingerprint density at radius 1 is 1.12 bits per heavy atom. The average Bonchev–Trinajstić information content (AvgIpc) is 2.80. The van der Waals surface area contributed by atoms with Crippen molar-refractivity contribution >= 4 is 29.2 Å². The first-order valence-corrected chi connectivity index (χ1v) is 11.9. The number of aromatic hydroxyl groups is 2. The number of fused-ring (bicyclic) bond motifs is 1. The van der Waals surface area contributed by atoms with Crippen molar-refractivity contribution in [2.45, 2.75) is 52.4 Å². The van der Waals surface area contributed by atoms with E-state index in [2.05, 4.69) is 5.16 Å². The van der Waals surface area contributed by atoms with Crippen LogP contribution in [0.25, 0.3) is 0 Å². The van der Waals surface area contributed by atoms with Crippen molar-refractivity contribution in [1.82, 2.24) is 4.90 Å². The smallest absolute Gasteiger partial charge is 0.342 e. The van der Waals surface area contributed by atoms with Gasteiger partial charge in [0.25, 0.3) is 5.91 Å². The van der Waals surface area contributed by atoms with Gasteiger partial charge in [-0.25, -0.2) is 4.79 Å². The van der Waals surface area contributed by atoms with Crippen LogP contribution in [-0.2, 0) is 20.8 Å². The molecule has 186 valence electrons. The van der Waals surface area contributed by atoms with Crippen molar-refractivity contribution in [3.8, 4) is 11.5 Å². The maximum atomic E-state index is 12.7. The fraction of sp³-hybridized carbons (Fsp3) is 0.480. The van der Waals surface area contributed by atoms with Crippen LogP contribution >= 0.6 is 11.6 Å². The summed E-state index contributed by atoms with van der Waals surface area (Å²) in [5.41, 5.74) is 0.388. The summed E-state index contributed by atoms with van der Waals surface area (Å²) in [6, 6.07) is 1.00. The van der Waals surface area contributed by atoms with Crippen molar-refractivity contribution in [3.05, 3.63) is 46.5 Å². The van der Waals surface area contributed by atoms with Gasteiger partial charge >= 0.3 is 5.97 Å². The Morgan fingerprint density at radius 3 is 2.50 bits per heavy atom. The molecule has 0 aromatic heterocycles. The predicted molar refractivity (Wildman–Crippen MR) is 131 cm³/mol. The molecule has 9 heteroatoms. The van der Waals surface area contributed by atoms with Gasteiger partial charge in [-0.15, -0.1) is 0 Å². The van der Waals surface area contributed by atoms with E-state index in [0.29, 0.717) is 25.2 Å². The van der Waals surface area contributed by atoms with Crippen LogP contribution in [0.4, 0.5) is 0 Å². The molecule has 34 heavy (non-hydrogen) atoms. The number of hydrogen-bond donors (Lipinski definition) is 2. The van der Waals surface area contributed by atoms with Crippen molar-refractivity contribution in [1.29, 1.82) is 0 Å². The molecule has 0 unspecified atom stereocenters. The number of esters is 1. The van der Waals surface area contributed by atoms with E-state index < -0.39 is 11.7 Å². The number of carbonyl (C=O) groups excluding carboxylic acids is 2. The molecule has 1 aliphatic rings. The third kappa shape index (κ3) is 8.09. The number of phenols is 2. The Balaban J connectivity index is 2.34. The third-order valence-electron chi connectivity index (χ3n) is 5.09. The highest BCUT2D eigenvalue weighted by atomic mass is 35.5. The number of rotatable bonds is 7. The van der Waals surface area contributed by atoms with Crippen LogP contribution in [-0.4, -0.2) is 59.0 Å². The Hall–Kier alpha value is -3.00. The molecule has 1 amide bonds. The minimum absolute atomic E-state index is 0.0284. The number of halogens is 1. The number of ether oxygens (including phenoxy) is 1. The van der Waals surface area contributed by atoms with Gasteiger partial charge < -0.3 is 24.7 Å². The maximum absolute atomic E-state index is 12.7. The first kappa shape index (κ1) is 27.2. The van der Waals surface area contributed by atoms with E-state index >= 15 is 0 Å². The summed E-state index contributed by atoms with van der Waals surface area (Å²) in [5, 5.41) is 24.5. The minimum atomic E-state index is -0.756. The van der Waals surface area contributed by atoms with E-state index in [4.69, 9.17) is 21.2 Å². The van der Waals surface area contributed by atoms with E-state index in [9.17, 15) is 19.8 Å². The number of benzene rings is 1. The molecular weight excluding hydrogens is 460 g/mol.